The first-order chi connectivity index (χ1) is 10.7. The molecule has 4 aromatic rings. The van der Waals surface area contributed by atoms with Crippen molar-refractivity contribution in [2.24, 2.45) is 0 Å². The van der Waals surface area contributed by atoms with Crippen LogP contribution in [0.1, 0.15) is 0 Å². The third-order valence-electron chi connectivity index (χ3n) is 3.47. The van der Waals surface area contributed by atoms with E-state index >= 15 is 0 Å². The fourth-order valence-corrected chi connectivity index (χ4v) is 2.46. The number of rotatable bonds is 1. The molecule has 2 aromatic carbocycles. The van der Waals surface area contributed by atoms with E-state index < -0.39 is 17.2 Å². The Balaban J connectivity index is 2.20. The summed E-state index contributed by atoms with van der Waals surface area (Å²) >= 11 is 0. The van der Waals surface area contributed by atoms with Crippen LogP contribution in [0, 0.1) is 5.82 Å². The Kier molecular flexibility index (Phi) is 2.50. The number of H-pyrrole nitrogens is 1. The van der Waals surface area contributed by atoms with Gasteiger partial charge in [-0.25, -0.2) is 14.0 Å². The predicted octanol–water partition coefficient (Wildman–Crippen LogP) is 1.47. The quantitative estimate of drug-likeness (QED) is 0.578. The first-order valence-corrected chi connectivity index (χ1v) is 6.54. The van der Waals surface area contributed by atoms with Crippen LogP contribution in [0.2, 0.25) is 0 Å². The van der Waals surface area contributed by atoms with Gasteiger partial charge in [-0.15, -0.1) is 5.10 Å². The van der Waals surface area contributed by atoms with Gasteiger partial charge < -0.3 is 4.98 Å². The number of aromatic nitrogens is 4. The molecule has 0 aliphatic carbocycles. The second-order valence-electron chi connectivity index (χ2n) is 4.78. The topological polar surface area (TPSA) is 72.2 Å². The summed E-state index contributed by atoms with van der Waals surface area (Å²) in [6, 6.07) is 12.8. The number of nitrogens with zero attached hydrogens (tertiary/aromatic N) is 3. The second-order valence-corrected chi connectivity index (χ2v) is 4.78. The van der Waals surface area contributed by atoms with E-state index in [-0.39, 0.29) is 11.3 Å². The fraction of sp³-hybridized carbons (Fsp3) is 0. The smallest absolute Gasteiger partial charge is 0.306 e. The summed E-state index contributed by atoms with van der Waals surface area (Å²) in [6.45, 7) is 0. The number of hydrogen-bond donors (Lipinski definition) is 1. The number of aromatic amines is 1. The molecule has 4 rings (SSSR count). The minimum absolute atomic E-state index is 0.000295. The van der Waals surface area contributed by atoms with Crippen LogP contribution >= 0.6 is 0 Å². The molecule has 0 saturated carbocycles. The average molecular weight is 296 g/mol. The molecule has 22 heavy (non-hydrogen) atoms. The van der Waals surface area contributed by atoms with Crippen molar-refractivity contribution < 1.29 is 4.39 Å². The molecular formula is C15H9FN4O2. The Bertz CT molecular complexity index is 1140. The molecule has 0 aliphatic heterocycles. The van der Waals surface area contributed by atoms with Gasteiger partial charge in [0.05, 0.1) is 5.52 Å². The molecule has 0 saturated heterocycles. The minimum atomic E-state index is -0.716. The molecule has 2 aromatic heterocycles. The Hall–Kier alpha value is -3.22. The maximum absolute atomic E-state index is 13.9. The monoisotopic (exact) mass is 296 g/mol. The molecule has 2 heterocycles. The normalized spacial score (nSPS) is 11.3. The SMILES string of the molecule is O=c1[nH]c2ccccc2c2nn(-c3ccccc3F)c(=O)n12. The van der Waals surface area contributed by atoms with Crippen LogP contribution in [0.5, 0.6) is 0 Å². The summed E-state index contributed by atoms with van der Waals surface area (Å²) < 4.78 is 15.7. The second kappa shape index (κ2) is 4.39. The molecule has 0 unspecified atom stereocenters. The maximum atomic E-state index is 13.9. The van der Waals surface area contributed by atoms with Crippen molar-refractivity contribution in [3.8, 4) is 5.69 Å². The predicted molar refractivity (Wildman–Crippen MR) is 78.9 cm³/mol. The first-order valence-electron chi connectivity index (χ1n) is 6.54. The van der Waals surface area contributed by atoms with E-state index in [1.165, 1.54) is 18.2 Å². The van der Waals surface area contributed by atoms with Gasteiger partial charge in [-0.05, 0) is 24.3 Å². The van der Waals surface area contributed by atoms with Crippen molar-refractivity contribution >= 4 is 16.6 Å². The van der Waals surface area contributed by atoms with Gasteiger partial charge in [0.2, 0.25) is 0 Å². The zero-order valence-corrected chi connectivity index (χ0v) is 11.2. The van der Waals surface area contributed by atoms with E-state index in [0.29, 0.717) is 10.9 Å². The molecular weight excluding hydrogens is 287 g/mol. The standard InChI is InChI=1S/C15H9FN4O2/c16-10-6-2-4-8-12(10)20-15(22)19-13(18-20)9-5-1-3-7-11(9)17-14(19)21/h1-8H,(H,17,21). The lowest BCUT2D eigenvalue weighted by Crippen LogP contribution is -2.29. The Morgan fingerprint density at radius 2 is 1.73 bits per heavy atom. The molecule has 0 amide bonds. The van der Waals surface area contributed by atoms with Gasteiger partial charge >= 0.3 is 11.4 Å². The summed E-state index contributed by atoms with van der Waals surface area (Å²) in [5, 5.41) is 4.75. The summed E-state index contributed by atoms with van der Waals surface area (Å²) in [6.07, 6.45) is 0. The van der Waals surface area contributed by atoms with E-state index in [1.807, 2.05) is 0 Å². The first kappa shape index (κ1) is 12.5. The van der Waals surface area contributed by atoms with Crippen molar-refractivity contribution in [1.29, 1.82) is 0 Å². The highest BCUT2D eigenvalue weighted by Crippen LogP contribution is 2.15. The number of fused-ring (bicyclic) bond motifs is 3. The van der Waals surface area contributed by atoms with Crippen molar-refractivity contribution in [3.63, 3.8) is 0 Å². The molecule has 108 valence electrons. The highest BCUT2D eigenvalue weighted by Gasteiger charge is 2.16. The molecule has 0 aliphatic rings. The zero-order chi connectivity index (χ0) is 15.3. The van der Waals surface area contributed by atoms with Crippen LogP contribution in [0.4, 0.5) is 4.39 Å². The van der Waals surface area contributed by atoms with Gasteiger partial charge in [0.15, 0.2) is 5.65 Å². The lowest BCUT2D eigenvalue weighted by Gasteiger charge is -1.99. The van der Waals surface area contributed by atoms with Crippen LogP contribution in [-0.4, -0.2) is 19.2 Å². The molecule has 6 nitrogen and oxygen atoms in total. The summed E-state index contributed by atoms with van der Waals surface area (Å²) in [5.74, 6) is -0.589. The van der Waals surface area contributed by atoms with Gasteiger partial charge in [-0.2, -0.15) is 9.08 Å². The third-order valence-corrected chi connectivity index (χ3v) is 3.47. The largest absolute Gasteiger partial charge is 0.359 e. The summed E-state index contributed by atoms with van der Waals surface area (Å²) in [7, 11) is 0. The number of benzene rings is 2. The summed E-state index contributed by atoms with van der Waals surface area (Å²) in [5.41, 5.74) is -0.577. The minimum Gasteiger partial charge on any atom is -0.306 e. The van der Waals surface area contributed by atoms with Crippen molar-refractivity contribution in [2.45, 2.75) is 0 Å². The van der Waals surface area contributed by atoms with Crippen molar-refractivity contribution in [2.75, 3.05) is 0 Å². The van der Waals surface area contributed by atoms with E-state index in [2.05, 4.69) is 10.1 Å². The number of para-hydroxylation sites is 2. The average Bonchev–Trinajstić information content (AvgIpc) is 2.86. The molecule has 0 spiro atoms. The number of nitrogens with one attached hydrogen (secondary N) is 1. The highest BCUT2D eigenvalue weighted by atomic mass is 19.1. The van der Waals surface area contributed by atoms with Gasteiger partial charge in [0.1, 0.15) is 11.5 Å². The highest BCUT2D eigenvalue weighted by molar-refractivity contribution is 5.90. The Labute approximate surface area is 122 Å². The van der Waals surface area contributed by atoms with Gasteiger partial charge in [-0.3, -0.25) is 0 Å². The van der Waals surface area contributed by atoms with Crippen LogP contribution < -0.4 is 11.4 Å². The maximum Gasteiger partial charge on any atom is 0.359 e. The zero-order valence-electron chi connectivity index (χ0n) is 11.2. The summed E-state index contributed by atoms with van der Waals surface area (Å²) in [4.78, 5) is 27.1. The van der Waals surface area contributed by atoms with Crippen LogP contribution in [0.3, 0.4) is 0 Å². The fourth-order valence-electron chi connectivity index (χ4n) is 2.46. The molecule has 0 radical (unpaired) electrons. The molecule has 0 atom stereocenters. The molecule has 0 bridgehead atoms. The van der Waals surface area contributed by atoms with Crippen LogP contribution in [-0.2, 0) is 0 Å². The molecule has 0 fully saturated rings. The van der Waals surface area contributed by atoms with E-state index in [9.17, 15) is 14.0 Å². The van der Waals surface area contributed by atoms with Crippen molar-refractivity contribution in [1.82, 2.24) is 19.2 Å². The lowest BCUT2D eigenvalue weighted by atomic mass is 10.2. The molecule has 1 N–H and O–H groups in total. The Morgan fingerprint density at radius 3 is 2.55 bits per heavy atom. The number of halogens is 1. The van der Waals surface area contributed by atoms with E-state index in [1.54, 1.807) is 30.3 Å². The van der Waals surface area contributed by atoms with E-state index in [4.69, 9.17) is 0 Å². The Morgan fingerprint density at radius 1 is 1.00 bits per heavy atom. The molecule has 7 heteroatoms. The van der Waals surface area contributed by atoms with Gasteiger partial charge in [0, 0.05) is 5.39 Å². The van der Waals surface area contributed by atoms with Gasteiger partial charge in [-0.1, -0.05) is 24.3 Å². The number of hydrogen-bond acceptors (Lipinski definition) is 3. The van der Waals surface area contributed by atoms with Crippen molar-refractivity contribution in [3.05, 3.63) is 75.3 Å². The van der Waals surface area contributed by atoms with Gasteiger partial charge in [0.25, 0.3) is 0 Å². The van der Waals surface area contributed by atoms with E-state index in [0.717, 1.165) is 9.08 Å². The van der Waals surface area contributed by atoms with Crippen LogP contribution in [0.15, 0.2) is 58.1 Å². The van der Waals surface area contributed by atoms with Crippen LogP contribution in [0.25, 0.3) is 22.2 Å². The third kappa shape index (κ3) is 1.62. The lowest BCUT2D eigenvalue weighted by molar-refractivity contribution is 0.607.